The molecule has 1 unspecified atom stereocenters. The Morgan fingerprint density at radius 1 is 0.946 bits per heavy atom. The van der Waals surface area contributed by atoms with Crippen LogP contribution in [0.15, 0.2) is 23.5 Å². The summed E-state index contributed by atoms with van der Waals surface area (Å²) in [4.78, 5) is 24.8. The van der Waals surface area contributed by atoms with Gasteiger partial charge in [0.1, 0.15) is 11.4 Å². The van der Waals surface area contributed by atoms with Crippen molar-refractivity contribution in [3.05, 3.63) is 23.5 Å². The van der Waals surface area contributed by atoms with Gasteiger partial charge in [-0.3, -0.25) is 4.79 Å². The highest BCUT2D eigenvalue weighted by atomic mass is 16.7. The molecule has 1 spiro atoms. The molecule has 4 aliphatic heterocycles. The van der Waals surface area contributed by atoms with Gasteiger partial charge >= 0.3 is 11.9 Å². The first kappa shape index (κ1) is 25.4. The molecule has 4 heterocycles. The van der Waals surface area contributed by atoms with Crippen molar-refractivity contribution in [2.45, 2.75) is 116 Å². The smallest absolute Gasteiger partial charge is 0.335 e. The van der Waals surface area contributed by atoms with Crippen LogP contribution >= 0.6 is 0 Å². The van der Waals surface area contributed by atoms with Crippen molar-refractivity contribution < 1.29 is 33.6 Å². The molecule has 37 heavy (non-hydrogen) atoms. The lowest BCUT2D eigenvalue weighted by atomic mass is 9.57. The number of rotatable bonds is 0. The summed E-state index contributed by atoms with van der Waals surface area (Å²) in [6.07, 6.45) is 9.51. The molecule has 0 radical (unpaired) electrons. The largest absolute Gasteiger partial charge is 0.458 e. The zero-order valence-electron chi connectivity index (χ0n) is 23.1. The molecule has 204 valence electrons. The molecule has 6 aliphatic rings. The summed E-state index contributed by atoms with van der Waals surface area (Å²) in [7, 11) is 0. The van der Waals surface area contributed by atoms with E-state index in [2.05, 4.69) is 20.8 Å². The molecule has 6 rings (SSSR count). The van der Waals surface area contributed by atoms with Crippen molar-refractivity contribution in [1.82, 2.24) is 0 Å². The molecule has 2 bridgehead atoms. The topological polar surface area (TPSA) is 91.3 Å². The number of carbonyl (C=O) groups excluding carboxylic acids is 2. The van der Waals surface area contributed by atoms with Gasteiger partial charge in [0.2, 0.25) is 11.6 Å². The molecule has 3 fully saturated rings. The van der Waals surface area contributed by atoms with Crippen molar-refractivity contribution in [3.8, 4) is 0 Å². The molecule has 7 nitrogen and oxygen atoms in total. The molecule has 7 heteroatoms. The fourth-order valence-corrected chi connectivity index (χ4v) is 9.18. The first-order valence-corrected chi connectivity index (χ1v) is 14.2. The summed E-state index contributed by atoms with van der Waals surface area (Å²) < 4.78 is 24.6. The SMILES string of the molecule is C[C@@H]1C[C@]2(C[C@@H](C)C3[C@H](C[C@@]4(C)CCC[C@@H]5C6=C[C@](O)(CC[C@]34C)OC6=CC(=O)OC5(C)C)O2)OC1=O. The van der Waals surface area contributed by atoms with Crippen molar-refractivity contribution in [3.63, 3.8) is 0 Å². The van der Waals surface area contributed by atoms with Gasteiger partial charge in [0.05, 0.1) is 18.1 Å². The summed E-state index contributed by atoms with van der Waals surface area (Å²) in [5, 5.41) is 11.7. The third-order valence-corrected chi connectivity index (χ3v) is 11.1. The zero-order chi connectivity index (χ0) is 26.6. The van der Waals surface area contributed by atoms with Gasteiger partial charge in [-0.1, -0.05) is 34.1 Å². The van der Waals surface area contributed by atoms with Crippen molar-refractivity contribution in [2.24, 2.45) is 34.5 Å². The number of ether oxygens (including phenoxy) is 4. The lowest BCUT2D eigenvalue weighted by Gasteiger charge is -2.51. The summed E-state index contributed by atoms with van der Waals surface area (Å²) in [6, 6.07) is 0. The molecule has 2 aliphatic carbocycles. The predicted molar refractivity (Wildman–Crippen MR) is 135 cm³/mol. The van der Waals surface area contributed by atoms with Gasteiger partial charge in [-0.05, 0) is 68.3 Å². The Labute approximate surface area is 219 Å². The van der Waals surface area contributed by atoms with Gasteiger partial charge in [0.25, 0.3) is 0 Å². The molecule has 0 aromatic heterocycles. The third kappa shape index (κ3) is 3.74. The zero-order valence-corrected chi connectivity index (χ0v) is 23.1. The molecular weight excluding hydrogens is 472 g/mol. The average Bonchev–Trinajstić information content (AvgIpc) is 3.28. The normalized spacial score (nSPS) is 50.5. The van der Waals surface area contributed by atoms with E-state index in [1.165, 1.54) is 6.08 Å². The van der Waals surface area contributed by atoms with E-state index in [1.54, 1.807) is 0 Å². The van der Waals surface area contributed by atoms with Crippen LogP contribution in [-0.2, 0) is 28.5 Å². The van der Waals surface area contributed by atoms with Crippen molar-refractivity contribution in [2.75, 3.05) is 0 Å². The van der Waals surface area contributed by atoms with Crippen LogP contribution in [0.3, 0.4) is 0 Å². The number of carbonyl (C=O) groups is 2. The Morgan fingerprint density at radius 2 is 1.70 bits per heavy atom. The Morgan fingerprint density at radius 3 is 2.41 bits per heavy atom. The fraction of sp³-hybridized carbons (Fsp3) is 0.800. The molecule has 2 saturated heterocycles. The molecule has 1 saturated carbocycles. The van der Waals surface area contributed by atoms with E-state index in [1.807, 2.05) is 26.8 Å². The first-order valence-electron chi connectivity index (χ1n) is 14.2. The Kier molecular flexibility index (Phi) is 5.39. The molecule has 9 atom stereocenters. The Bertz CT molecular complexity index is 1090. The predicted octanol–water partition coefficient (Wildman–Crippen LogP) is 5.17. The minimum atomic E-state index is -1.45. The highest BCUT2D eigenvalue weighted by Gasteiger charge is 2.66. The summed E-state index contributed by atoms with van der Waals surface area (Å²) in [5.41, 5.74) is 0.0663. The average molecular weight is 515 g/mol. The first-order chi connectivity index (χ1) is 17.2. The molecular formula is C30H42O7. The minimum Gasteiger partial charge on any atom is -0.458 e. The van der Waals surface area contributed by atoms with Crippen LogP contribution in [-0.4, -0.2) is 40.3 Å². The van der Waals surface area contributed by atoms with E-state index < -0.39 is 23.1 Å². The highest BCUT2D eigenvalue weighted by molar-refractivity contribution is 5.84. The van der Waals surface area contributed by atoms with Gasteiger partial charge in [0, 0.05) is 30.8 Å². The summed E-state index contributed by atoms with van der Waals surface area (Å²) in [6.45, 7) is 12.9. The number of cyclic esters (lactones) is 1. The number of esters is 2. The number of allylic oxidation sites excluding steroid dienone is 1. The van der Waals surface area contributed by atoms with E-state index in [0.29, 0.717) is 30.9 Å². The van der Waals surface area contributed by atoms with Gasteiger partial charge in [-0.2, -0.15) is 0 Å². The van der Waals surface area contributed by atoms with Crippen LogP contribution in [0.5, 0.6) is 0 Å². The number of hydrogen-bond acceptors (Lipinski definition) is 7. The monoisotopic (exact) mass is 514 g/mol. The van der Waals surface area contributed by atoms with Crippen LogP contribution in [0.2, 0.25) is 0 Å². The van der Waals surface area contributed by atoms with Crippen LogP contribution in [0, 0.1) is 34.5 Å². The maximum absolute atomic E-state index is 12.5. The van der Waals surface area contributed by atoms with Gasteiger partial charge in [0.15, 0.2) is 0 Å². The Hall–Kier alpha value is -1.86. The fourth-order valence-electron chi connectivity index (χ4n) is 9.18. The molecule has 1 N–H and O–H groups in total. The maximum atomic E-state index is 12.5. The van der Waals surface area contributed by atoms with Gasteiger partial charge in [-0.25, -0.2) is 4.79 Å². The second kappa shape index (κ2) is 7.84. The minimum absolute atomic E-state index is 0.00701. The maximum Gasteiger partial charge on any atom is 0.335 e. The van der Waals surface area contributed by atoms with E-state index in [4.69, 9.17) is 18.9 Å². The second-order valence-corrected chi connectivity index (χ2v) is 14.0. The third-order valence-electron chi connectivity index (χ3n) is 11.1. The molecule has 0 amide bonds. The lowest BCUT2D eigenvalue weighted by Crippen LogP contribution is -2.51. The Balaban J connectivity index is 1.35. The number of hydrogen-bond donors (Lipinski definition) is 1. The van der Waals surface area contributed by atoms with Crippen LogP contribution < -0.4 is 0 Å². The van der Waals surface area contributed by atoms with Gasteiger partial charge < -0.3 is 24.1 Å². The quantitative estimate of drug-likeness (QED) is 0.446. The van der Waals surface area contributed by atoms with Crippen LogP contribution in [0.4, 0.5) is 0 Å². The second-order valence-electron chi connectivity index (χ2n) is 14.0. The van der Waals surface area contributed by atoms with E-state index in [0.717, 1.165) is 37.7 Å². The van der Waals surface area contributed by atoms with Gasteiger partial charge in [-0.15, -0.1) is 0 Å². The molecule has 0 aromatic carbocycles. The van der Waals surface area contributed by atoms with E-state index in [-0.39, 0.29) is 40.7 Å². The standard InChI is InChI=1S/C30H42O7/c1-17-13-30(14-18(2)25(32)37-30)35-22-16-27(5)9-7-8-20-19-15-29(33,11-10-28(27,6)24(17)22)34-21(19)12-23(31)36-26(20,3)4/h12,15,17-18,20,22,24,33H,7-11,13-14,16H2,1-6H3/t17-,18-,20-,22+,24?,27-,28-,29+,30+/m1/s1. The summed E-state index contributed by atoms with van der Waals surface area (Å²) >= 11 is 0. The van der Waals surface area contributed by atoms with Crippen molar-refractivity contribution >= 4 is 11.9 Å². The van der Waals surface area contributed by atoms with Crippen molar-refractivity contribution in [1.29, 1.82) is 0 Å². The number of aliphatic hydroxyl groups is 1. The van der Waals surface area contributed by atoms with Crippen LogP contribution in [0.25, 0.3) is 0 Å². The summed E-state index contributed by atoms with van der Waals surface area (Å²) in [5.74, 6) is -1.96. The highest BCUT2D eigenvalue weighted by Crippen LogP contribution is 2.67. The molecule has 0 aromatic rings. The lowest BCUT2D eigenvalue weighted by molar-refractivity contribution is -0.276. The van der Waals surface area contributed by atoms with E-state index in [9.17, 15) is 14.7 Å². The van der Waals surface area contributed by atoms with E-state index >= 15 is 0 Å². The van der Waals surface area contributed by atoms with Crippen LogP contribution in [0.1, 0.15) is 92.9 Å². The number of fused-ring (bicyclic) bond motifs is 4.